The zero-order valence-corrected chi connectivity index (χ0v) is 49.7. The van der Waals surface area contributed by atoms with Gasteiger partial charge in [0.25, 0.3) is 11.8 Å². The summed E-state index contributed by atoms with van der Waals surface area (Å²) in [6.45, 7) is 1.20. The van der Waals surface area contributed by atoms with Crippen LogP contribution in [0.5, 0.6) is 5.75 Å². The first-order valence-corrected chi connectivity index (χ1v) is 28.7. The molecule has 0 unspecified atom stereocenters. The third-order valence-electron chi connectivity index (χ3n) is 13.4. The summed E-state index contributed by atoms with van der Waals surface area (Å²) in [5.74, 6) is -8.03. The summed E-state index contributed by atoms with van der Waals surface area (Å²) < 4.78 is 51.0. The van der Waals surface area contributed by atoms with E-state index in [9.17, 15) is 69.0 Å². The maximum absolute atomic E-state index is 14.4. The first-order valence-electron chi connectivity index (χ1n) is 27.1. The van der Waals surface area contributed by atoms with Gasteiger partial charge in [-0.2, -0.15) is 0 Å². The van der Waals surface area contributed by atoms with Gasteiger partial charge in [0.05, 0.1) is 88.2 Å². The Balaban J connectivity index is 1.30. The van der Waals surface area contributed by atoms with E-state index in [2.05, 4.69) is 43.2 Å². The number of hydrogen-bond donors (Lipinski definition) is 12. The molecule has 10 atom stereocenters. The zero-order valence-electron chi connectivity index (χ0n) is 47.6. The number of rotatable bonds is 30. The third-order valence-corrected chi connectivity index (χ3v) is 13.8. The van der Waals surface area contributed by atoms with E-state index in [1.807, 2.05) is 0 Å². The number of carbonyl (C=O) groups excluding carboxylic acids is 6. The molecule has 0 aromatic heterocycles. The summed E-state index contributed by atoms with van der Waals surface area (Å²) >= 11 is 2.09. The average molecular weight is 1350 g/mol. The largest absolute Gasteiger partial charge is 0.491 e. The maximum Gasteiger partial charge on any atom is 0.410 e. The second kappa shape index (κ2) is 34.7. The van der Waals surface area contributed by atoms with Crippen molar-refractivity contribution in [2.24, 2.45) is 32.9 Å². The number of aliphatic hydroxyl groups is 4. The van der Waals surface area contributed by atoms with Crippen LogP contribution >= 0.6 is 22.6 Å². The molecule has 5 rings (SSSR count). The van der Waals surface area contributed by atoms with Crippen LogP contribution in [-0.4, -0.2) is 294 Å². The molecule has 1 aromatic carbocycles. The van der Waals surface area contributed by atoms with E-state index in [0.717, 1.165) is 26.0 Å². The van der Waals surface area contributed by atoms with Crippen LogP contribution in [0.3, 0.4) is 0 Å². The number of alkyl halides is 1. The molecule has 1 aromatic rings. The molecule has 36 heteroatoms. The number of nitrogens with two attached hydrogens (primary N) is 4. The lowest BCUT2D eigenvalue weighted by Gasteiger charge is -2.41. The fourth-order valence-corrected chi connectivity index (χ4v) is 9.64. The summed E-state index contributed by atoms with van der Waals surface area (Å²) in [5, 5.41) is 66.7. The quantitative estimate of drug-likeness (QED) is 0.0113. The smallest absolute Gasteiger partial charge is 0.410 e. The van der Waals surface area contributed by atoms with E-state index in [1.54, 1.807) is 0 Å². The Bertz CT molecular complexity index is 2510. The van der Waals surface area contributed by atoms with Crippen molar-refractivity contribution < 1.29 is 112 Å². The number of carboxylic acids is 2. The standard InChI is InChI=1S/C51H75IN12O23/c1-27(67)57-38-32(59-48(53)54)22-36(46(73)74)84-42(38)40(34(69)24-65)86-50(77)63-7-3-61(4-8-63)44(71)29-19-30(21-31(20-29)83-18-17-81-14-13-79-11-12-80-15-16-82-26-52)45(72)62-5-9-64(10-6-62)51(78)87-41(35(70)25-66)43-39(58-28(2)68)33(60-49(55)56)23-37(85-43)47(75)76/h19-23,32-35,38-43,65-66,69-70H,3-18,24-26H2,1-2H3,(H,57,67)(H,58,68)(H,73,74)(H,75,76)(H4,53,54,59)(H4,55,56,60)/t32-,33-,34+,35+,38+,39+,40+,41+,42+,43+/m0/s1. The fourth-order valence-electron chi connectivity index (χ4n) is 9.32. The Kier molecular flexibility index (Phi) is 28.0. The number of halogens is 1. The van der Waals surface area contributed by atoms with Gasteiger partial charge in [-0.1, -0.05) is 22.6 Å². The Morgan fingerprint density at radius 1 is 0.575 bits per heavy atom. The Labute approximate surface area is 511 Å². The minimum atomic E-state index is -1.90. The number of aliphatic hydroxyl groups excluding tert-OH is 4. The molecule has 0 radical (unpaired) electrons. The van der Waals surface area contributed by atoms with Crippen molar-refractivity contribution in [1.29, 1.82) is 0 Å². The minimum Gasteiger partial charge on any atom is -0.491 e. The van der Waals surface area contributed by atoms with Gasteiger partial charge in [0, 0.05) is 77.3 Å². The summed E-state index contributed by atoms with van der Waals surface area (Å²) in [4.78, 5) is 118. The molecule has 0 aliphatic carbocycles. The number of carbonyl (C=O) groups is 8. The van der Waals surface area contributed by atoms with Gasteiger partial charge < -0.3 is 126 Å². The van der Waals surface area contributed by atoms with Crippen LogP contribution in [0.15, 0.2) is 51.9 Å². The van der Waals surface area contributed by atoms with Crippen molar-refractivity contribution >= 4 is 82.3 Å². The van der Waals surface area contributed by atoms with Crippen LogP contribution in [0.2, 0.25) is 0 Å². The van der Waals surface area contributed by atoms with Gasteiger partial charge in [-0.15, -0.1) is 0 Å². The predicted molar refractivity (Wildman–Crippen MR) is 306 cm³/mol. The number of nitrogens with one attached hydrogen (secondary N) is 2. The van der Waals surface area contributed by atoms with Crippen molar-refractivity contribution in [3.8, 4) is 5.75 Å². The van der Waals surface area contributed by atoms with Crippen molar-refractivity contribution in [2.75, 3.05) is 123 Å². The molecule has 2 fully saturated rings. The van der Waals surface area contributed by atoms with Crippen LogP contribution in [-0.2, 0) is 57.1 Å². The highest BCUT2D eigenvalue weighted by Crippen LogP contribution is 2.30. The summed E-state index contributed by atoms with van der Waals surface area (Å²) in [5.41, 5.74) is 22.3. The summed E-state index contributed by atoms with van der Waals surface area (Å²) in [6, 6.07) is -1.11. The highest BCUT2D eigenvalue weighted by atomic mass is 127. The lowest BCUT2D eigenvalue weighted by Crippen LogP contribution is -2.61. The molecule has 484 valence electrons. The monoisotopic (exact) mass is 1350 g/mol. The average Bonchev–Trinajstić information content (AvgIpc) is 1.02. The fraction of sp³-hybridized carbons (Fsp3) is 0.608. The van der Waals surface area contributed by atoms with Crippen LogP contribution < -0.4 is 38.3 Å². The van der Waals surface area contributed by atoms with Gasteiger partial charge in [0.2, 0.25) is 23.3 Å². The summed E-state index contributed by atoms with van der Waals surface area (Å²) in [6.07, 6.45) is -11.0. The van der Waals surface area contributed by atoms with Crippen molar-refractivity contribution in [3.63, 3.8) is 0 Å². The minimum absolute atomic E-state index is 0.00680. The van der Waals surface area contributed by atoms with Crippen molar-refractivity contribution in [1.82, 2.24) is 30.2 Å². The zero-order chi connectivity index (χ0) is 63.9. The van der Waals surface area contributed by atoms with E-state index in [4.69, 9.17) is 65.6 Å². The van der Waals surface area contributed by atoms with Crippen molar-refractivity contribution in [3.05, 3.63) is 53.0 Å². The molecular formula is C51H75IN12O23. The number of guanidine groups is 2. The van der Waals surface area contributed by atoms with Crippen LogP contribution in [0.25, 0.3) is 0 Å². The summed E-state index contributed by atoms with van der Waals surface area (Å²) in [7, 11) is 0. The highest BCUT2D eigenvalue weighted by Gasteiger charge is 2.49. The van der Waals surface area contributed by atoms with E-state index in [-0.39, 0.29) is 95.7 Å². The van der Waals surface area contributed by atoms with E-state index >= 15 is 0 Å². The number of benzene rings is 1. The number of hydrogen-bond acceptors (Lipinski definition) is 23. The topological polar surface area (TPSA) is 507 Å². The normalized spacial score (nSPS) is 21.6. The SMILES string of the molecule is CC(=O)N[C@H]1[C@H]([C@H](OC(=O)N2CCN(C(=O)c3cc(OCCOCCOCCOCCOCI)cc(C(=O)N4CCN(C(=O)O[C@@H]([C@@H]5OC(C(=O)O)=C[C@H](N=C(N)N)[C@H]5NC(C)=O)[C@H](O)CO)CC4)c3)CC2)[C@H](O)CO)OC(C(=O)O)=C[C@@H]1N=C(N)N. The number of ether oxygens (including phenoxy) is 9. The second-order valence-corrected chi connectivity index (χ2v) is 20.2. The Hall–Kier alpha value is -7.59. The number of carboxylic acid groups (broad SMARTS) is 2. The maximum atomic E-state index is 14.4. The molecular weight excluding hydrogens is 1280 g/mol. The van der Waals surface area contributed by atoms with E-state index < -0.39 is 145 Å². The number of aliphatic carboxylic acids is 2. The molecule has 0 spiro atoms. The molecule has 4 heterocycles. The Morgan fingerprint density at radius 3 is 1.24 bits per heavy atom. The van der Waals surface area contributed by atoms with E-state index in [1.165, 1.54) is 37.8 Å². The Morgan fingerprint density at radius 2 is 0.920 bits per heavy atom. The molecule has 0 bridgehead atoms. The number of aliphatic imine (C=N–C) groups is 2. The second-order valence-electron chi connectivity index (χ2n) is 19.6. The lowest BCUT2D eigenvalue weighted by atomic mass is 9.92. The van der Waals surface area contributed by atoms with Gasteiger partial charge in [-0.3, -0.25) is 19.2 Å². The number of amides is 6. The van der Waals surface area contributed by atoms with Crippen LogP contribution in [0.1, 0.15) is 34.6 Å². The van der Waals surface area contributed by atoms with E-state index in [0.29, 0.717) is 31.0 Å². The van der Waals surface area contributed by atoms with Gasteiger partial charge in [0.15, 0.2) is 36.3 Å². The molecule has 4 aliphatic heterocycles. The van der Waals surface area contributed by atoms with Gasteiger partial charge in [0.1, 0.15) is 24.6 Å². The highest BCUT2D eigenvalue weighted by molar-refractivity contribution is 14.1. The van der Waals surface area contributed by atoms with Gasteiger partial charge in [-0.25, -0.2) is 29.2 Å². The molecule has 35 nitrogen and oxygen atoms in total. The van der Waals surface area contributed by atoms with Gasteiger partial charge in [-0.05, 0) is 30.4 Å². The number of piperazine rings is 2. The first-order chi connectivity index (χ1) is 41.5. The molecule has 16 N–H and O–H groups in total. The number of nitrogens with zero attached hydrogens (tertiary/aromatic N) is 6. The molecule has 6 amide bonds. The lowest BCUT2D eigenvalue weighted by molar-refractivity contribution is -0.148. The molecule has 2 saturated heterocycles. The molecule has 0 saturated carbocycles. The van der Waals surface area contributed by atoms with Crippen LogP contribution in [0.4, 0.5) is 9.59 Å². The predicted octanol–water partition coefficient (Wildman–Crippen LogP) is -5.22. The third kappa shape index (κ3) is 21.1. The van der Waals surface area contributed by atoms with Gasteiger partial charge >= 0.3 is 24.1 Å². The van der Waals surface area contributed by atoms with Crippen LogP contribution in [0, 0.1) is 0 Å². The molecule has 87 heavy (non-hydrogen) atoms. The molecule has 4 aliphatic rings. The first kappa shape index (κ1) is 70.2. The van der Waals surface area contributed by atoms with Crippen molar-refractivity contribution in [2.45, 2.75) is 74.6 Å².